The highest BCUT2D eigenvalue weighted by molar-refractivity contribution is 6.02. The Morgan fingerprint density at radius 1 is 1.13 bits per heavy atom. The standard InChI is InChI=1S/C18H17N3O2/c22-17(20-16-2-1-11-19-12-16)10-5-13-3-6-14(7-4-13)18(23)21-15-8-9-15/h1-7,10-12,15H,8-9H2,(H,20,22)(H,21,23)/b10-5+. The average molecular weight is 307 g/mol. The summed E-state index contributed by atoms with van der Waals surface area (Å²) in [5, 5.41) is 5.66. The molecule has 1 aromatic carbocycles. The fourth-order valence-corrected chi connectivity index (χ4v) is 2.03. The number of amides is 2. The summed E-state index contributed by atoms with van der Waals surface area (Å²) in [6.07, 6.45) is 8.52. The SMILES string of the molecule is O=C(/C=C/c1ccc(C(=O)NC2CC2)cc1)Nc1cccnc1. The number of rotatable bonds is 5. The van der Waals surface area contributed by atoms with Crippen LogP contribution in [0.1, 0.15) is 28.8 Å². The number of anilines is 1. The molecule has 116 valence electrons. The van der Waals surface area contributed by atoms with E-state index in [2.05, 4.69) is 15.6 Å². The Kier molecular flexibility index (Phi) is 4.47. The van der Waals surface area contributed by atoms with Crippen molar-refractivity contribution in [3.05, 3.63) is 66.0 Å². The number of carbonyl (C=O) groups excluding carboxylic acids is 2. The molecule has 0 radical (unpaired) electrons. The lowest BCUT2D eigenvalue weighted by atomic mass is 10.1. The Morgan fingerprint density at radius 2 is 1.91 bits per heavy atom. The van der Waals surface area contributed by atoms with Crippen molar-refractivity contribution >= 4 is 23.6 Å². The quantitative estimate of drug-likeness (QED) is 0.834. The minimum atomic E-state index is -0.228. The van der Waals surface area contributed by atoms with E-state index in [1.165, 1.54) is 6.08 Å². The highest BCUT2D eigenvalue weighted by Gasteiger charge is 2.23. The van der Waals surface area contributed by atoms with Crippen molar-refractivity contribution in [2.75, 3.05) is 5.32 Å². The average Bonchev–Trinajstić information content (AvgIpc) is 3.38. The van der Waals surface area contributed by atoms with Crippen molar-refractivity contribution in [3.63, 3.8) is 0 Å². The molecule has 1 aliphatic rings. The first-order valence-electron chi connectivity index (χ1n) is 7.51. The molecule has 2 aromatic rings. The Balaban J connectivity index is 1.56. The van der Waals surface area contributed by atoms with E-state index in [1.807, 2.05) is 12.1 Å². The molecule has 0 aliphatic heterocycles. The van der Waals surface area contributed by atoms with Gasteiger partial charge < -0.3 is 10.6 Å². The van der Waals surface area contributed by atoms with Gasteiger partial charge in [0.2, 0.25) is 5.91 Å². The summed E-state index contributed by atoms with van der Waals surface area (Å²) in [6, 6.07) is 11.0. The number of hydrogen-bond donors (Lipinski definition) is 2. The number of carbonyl (C=O) groups is 2. The Morgan fingerprint density at radius 3 is 2.57 bits per heavy atom. The first-order chi connectivity index (χ1) is 11.2. The zero-order chi connectivity index (χ0) is 16.1. The molecule has 2 N–H and O–H groups in total. The second-order valence-electron chi connectivity index (χ2n) is 5.43. The van der Waals surface area contributed by atoms with Crippen molar-refractivity contribution in [2.24, 2.45) is 0 Å². The second-order valence-corrected chi connectivity index (χ2v) is 5.43. The zero-order valence-corrected chi connectivity index (χ0v) is 12.5. The molecule has 1 saturated carbocycles. The van der Waals surface area contributed by atoms with Gasteiger partial charge in [0.25, 0.3) is 5.91 Å². The van der Waals surface area contributed by atoms with Crippen LogP contribution < -0.4 is 10.6 Å². The molecular formula is C18H17N3O2. The molecule has 0 spiro atoms. The second kappa shape index (κ2) is 6.87. The topological polar surface area (TPSA) is 71.1 Å². The molecule has 5 heteroatoms. The van der Waals surface area contributed by atoms with E-state index in [4.69, 9.17) is 0 Å². The van der Waals surface area contributed by atoms with Crippen LogP contribution in [0.3, 0.4) is 0 Å². The smallest absolute Gasteiger partial charge is 0.251 e. The van der Waals surface area contributed by atoms with Crippen LogP contribution in [0.2, 0.25) is 0 Å². The maximum atomic E-state index is 11.9. The van der Waals surface area contributed by atoms with Crippen LogP contribution in [-0.2, 0) is 4.79 Å². The maximum absolute atomic E-state index is 11.9. The van der Waals surface area contributed by atoms with Crippen LogP contribution in [0, 0.1) is 0 Å². The summed E-state index contributed by atoms with van der Waals surface area (Å²) < 4.78 is 0. The van der Waals surface area contributed by atoms with Crippen LogP contribution in [0.25, 0.3) is 6.08 Å². The van der Waals surface area contributed by atoms with Crippen LogP contribution in [-0.4, -0.2) is 22.8 Å². The molecule has 0 atom stereocenters. The normalized spacial score (nSPS) is 13.7. The van der Waals surface area contributed by atoms with Gasteiger partial charge in [0, 0.05) is 23.9 Å². The molecule has 0 saturated heterocycles. The first-order valence-corrected chi connectivity index (χ1v) is 7.51. The number of nitrogens with one attached hydrogen (secondary N) is 2. The lowest BCUT2D eigenvalue weighted by molar-refractivity contribution is -0.111. The lowest BCUT2D eigenvalue weighted by Crippen LogP contribution is -2.25. The maximum Gasteiger partial charge on any atom is 0.251 e. The van der Waals surface area contributed by atoms with Gasteiger partial charge in [0.1, 0.15) is 0 Å². The van der Waals surface area contributed by atoms with E-state index in [9.17, 15) is 9.59 Å². The van der Waals surface area contributed by atoms with Crippen molar-refractivity contribution in [1.29, 1.82) is 0 Å². The van der Waals surface area contributed by atoms with E-state index in [1.54, 1.807) is 42.7 Å². The fraction of sp³-hybridized carbons (Fsp3) is 0.167. The van der Waals surface area contributed by atoms with Gasteiger partial charge in [0.05, 0.1) is 11.9 Å². The minimum absolute atomic E-state index is 0.0441. The van der Waals surface area contributed by atoms with E-state index in [0.717, 1.165) is 18.4 Å². The molecule has 5 nitrogen and oxygen atoms in total. The van der Waals surface area contributed by atoms with E-state index < -0.39 is 0 Å². The van der Waals surface area contributed by atoms with Crippen molar-refractivity contribution < 1.29 is 9.59 Å². The fourth-order valence-electron chi connectivity index (χ4n) is 2.03. The van der Waals surface area contributed by atoms with Gasteiger partial charge in [-0.25, -0.2) is 0 Å². The van der Waals surface area contributed by atoms with Crippen molar-refractivity contribution in [3.8, 4) is 0 Å². The molecule has 2 amide bonds. The van der Waals surface area contributed by atoms with Gasteiger partial charge in [-0.1, -0.05) is 12.1 Å². The molecule has 1 heterocycles. The molecule has 3 rings (SSSR count). The summed E-state index contributed by atoms with van der Waals surface area (Å²) in [5.74, 6) is -0.272. The van der Waals surface area contributed by atoms with Gasteiger partial charge in [-0.3, -0.25) is 14.6 Å². The predicted octanol–water partition coefficient (Wildman–Crippen LogP) is 2.63. The highest BCUT2D eigenvalue weighted by Crippen LogP contribution is 2.19. The summed E-state index contributed by atoms with van der Waals surface area (Å²) >= 11 is 0. The number of aromatic nitrogens is 1. The molecule has 23 heavy (non-hydrogen) atoms. The van der Waals surface area contributed by atoms with E-state index >= 15 is 0 Å². The highest BCUT2D eigenvalue weighted by atomic mass is 16.2. The summed E-state index contributed by atoms with van der Waals surface area (Å²) in [7, 11) is 0. The van der Waals surface area contributed by atoms with E-state index in [-0.39, 0.29) is 11.8 Å². The molecule has 1 fully saturated rings. The molecule has 0 unspecified atom stereocenters. The van der Waals surface area contributed by atoms with Gasteiger partial charge in [-0.15, -0.1) is 0 Å². The summed E-state index contributed by atoms with van der Waals surface area (Å²) in [5.41, 5.74) is 2.14. The molecule has 1 aliphatic carbocycles. The van der Waals surface area contributed by atoms with Crippen LogP contribution in [0.4, 0.5) is 5.69 Å². The van der Waals surface area contributed by atoms with Crippen LogP contribution >= 0.6 is 0 Å². The Labute approximate surface area is 134 Å². The van der Waals surface area contributed by atoms with Gasteiger partial charge >= 0.3 is 0 Å². The van der Waals surface area contributed by atoms with Gasteiger partial charge in [-0.05, 0) is 48.7 Å². The predicted molar refractivity (Wildman–Crippen MR) is 88.8 cm³/mol. The summed E-state index contributed by atoms with van der Waals surface area (Å²) in [6.45, 7) is 0. The molecule has 1 aromatic heterocycles. The number of hydrogen-bond acceptors (Lipinski definition) is 3. The van der Waals surface area contributed by atoms with Crippen molar-refractivity contribution in [1.82, 2.24) is 10.3 Å². The number of nitrogens with zero attached hydrogens (tertiary/aromatic N) is 1. The number of benzene rings is 1. The van der Waals surface area contributed by atoms with E-state index in [0.29, 0.717) is 17.3 Å². The van der Waals surface area contributed by atoms with Crippen molar-refractivity contribution in [2.45, 2.75) is 18.9 Å². The Bertz CT molecular complexity index is 720. The largest absolute Gasteiger partial charge is 0.349 e. The third kappa shape index (κ3) is 4.51. The van der Waals surface area contributed by atoms with Crippen LogP contribution in [0.5, 0.6) is 0 Å². The minimum Gasteiger partial charge on any atom is -0.349 e. The summed E-state index contributed by atoms with van der Waals surface area (Å²) in [4.78, 5) is 27.6. The Hall–Kier alpha value is -2.95. The monoisotopic (exact) mass is 307 g/mol. The lowest BCUT2D eigenvalue weighted by Gasteiger charge is -2.03. The molecule has 0 bridgehead atoms. The third-order valence-electron chi connectivity index (χ3n) is 3.44. The zero-order valence-electron chi connectivity index (χ0n) is 12.5. The van der Waals surface area contributed by atoms with Gasteiger partial charge in [-0.2, -0.15) is 0 Å². The first kappa shape index (κ1) is 15.0. The molecular weight excluding hydrogens is 290 g/mol. The van der Waals surface area contributed by atoms with Crippen LogP contribution in [0.15, 0.2) is 54.9 Å². The number of pyridine rings is 1. The van der Waals surface area contributed by atoms with Gasteiger partial charge in [0.15, 0.2) is 0 Å². The third-order valence-corrected chi connectivity index (χ3v) is 3.44.